The highest BCUT2D eigenvalue weighted by atomic mass is 16.5. The fourth-order valence-electron chi connectivity index (χ4n) is 1.87. The molecule has 0 radical (unpaired) electrons. The SMILES string of the molecule is COc1ccc(O)c(C2(N)CCC2)c1. The lowest BCUT2D eigenvalue weighted by Gasteiger charge is -2.38. The Hall–Kier alpha value is -1.22. The number of aromatic hydroxyl groups is 1. The van der Waals surface area contributed by atoms with Crippen LogP contribution in [0, 0.1) is 0 Å². The summed E-state index contributed by atoms with van der Waals surface area (Å²) in [6.07, 6.45) is 3.01. The lowest BCUT2D eigenvalue weighted by atomic mass is 9.72. The highest BCUT2D eigenvalue weighted by molar-refractivity contribution is 5.44. The summed E-state index contributed by atoms with van der Waals surface area (Å²) in [7, 11) is 1.61. The minimum Gasteiger partial charge on any atom is -0.508 e. The lowest BCUT2D eigenvalue weighted by molar-refractivity contribution is 0.244. The Kier molecular flexibility index (Phi) is 2.11. The fourth-order valence-corrected chi connectivity index (χ4v) is 1.87. The Morgan fingerprint density at radius 1 is 1.43 bits per heavy atom. The molecule has 2 rings (SSSR count). The van der Waals surface area contributed by atoms with E-state index < -0.39 is 0 Å². The van der Waals surface area contributed by atoms with Crippen molar-refractivity contribution in [3.63, 3.8) is 0 Å². The summed E-state index contributed by atoms with van der Waals surface area (Å²) in [5.74, 6) is 1.02. The first kappa shape index (κ1) is 9.34. The first-order chi connectivity index (χ1) is 6.65. The minimum absolute atomic E-state index is 0.271. The van der Waals surface area contributed by atoms with Crippen molar-refractivity contribution in [3.05, 3.63) is 23.8 Å². The number of rotatable bonds is 2. The molecule has 1 fully saturated rings. The predicted molar refractivity (Wildman–Crippen MR) is 54.4 cm³/mol. The van der Waals surface area contributed by atoms with E-state index in [1.165, 1.54) is 0 Å². The second-order valence-electron chi connectivity index (χ2n) is 3.89. The first-order valence-corrected chi connectivity index (χ1v) is 4.82. The molecule has 1 aromatic rings. The van der Waals surface area contributed by atoms with Crippen LogP contribution in [0.5, 0.6) is 11.5 Å². The number of nitrogens with two attached hydrogens (primary N) is 1. The molecule has 1 aromatic carbocycles. The van der Waals surface area contributed by atoms with Gasteiger partial charge in [-0.3, -0.25) is 0 Å². The van der Waals surface area contributed by atoms with Crippen LogP contribution in [0.15, 0.2) is 18.2 Å². The average Bonchev–Trinajstić information content (AvgIpc) is 2.15. The van der Waals surface area contributed by atoms with E-state index in [0.29, 0.717) is 0 Å². The van der Waals surface area contributed by atoms with Crippen LogP contribution in [0.3, 0.4) is 0 Å². The van der Waals surface area contributed by atoms with Gasteiger partial charge < -0.3 is 15.6 Å². The highest BCUT2D eigenvalue weighted by Gasteiger charge is 2.36. The average molecular weight is 193 g/mol. The number of phenolic OH excluding ortho intramolecular Hbond substituents is 1. The van der Waals surface area contributed by atoms with Gasteiger partial charge in [-0.15, -0.1) is 0 Å². The van der Waals surface area contributed by atoms with E-state index in [1.807, 2.05) is 6.07 Å². The van der Waals surface area contributed by atoms with Gasteiger partial charge in [0.25, 0.3) is 0 Å². The van der Waals surface area contributed by atoms with Crippen molar-refractivity contribution in [3.8, 4) is 11.5 Å². The van der Waals surface area contributed by atoms with Crippen LogP contribution in [0.2, 0.25) is 0 Å². The second kappa shape index (κ2) is 3.17. The third-order valence-electron chi connectivity index (χ3n) is 2.99. The molecule has 3 nitrogen and oxygen atoms in total. The molecule has 14 heavy (non-hydrogen) atoms. The molecule has 0 aromatic heterocycles. The second-order valence-corrected chi connectivity index (χ2v) is 3.89. The maximum Gasteiger partial charge on any atom is 0.120 e. The fraction of sp³-hybridized carbons (Fsp3) is 0.455. The van der Waals surface area contributed by atoms with Gasteiger partial charge in [0.2, 0.25) is 0 Å². The summed E-state index contributed by atoms with van der Waals surface area (Å²) in [6, 6.07) is 5.20. The van der Waals surface area contributed by atoms with Crippen LogP contribution >= 0.6 is 0 Å². The number of hydrogen-bond acceptors (Lipinski definition) is 3. The Bertz CT molecular complexity index is 345. The van der Waals surface area contributed by atoms with Gasteiger partial charge in [-0.1, -0.05) is 0 Å². The Labute approximate surface area is 83.5 Å². The Morgan fingerprint density at radius 2 is 2.14 bits per heavy atom. The summed E-state index contributed by atoms with van der Waals surface area (Å²) in [5.41, 5.74) is 6.61. The minimum atomic E-state index is -0.335. The molecule has 0 spiro atoms. The zero-order chi connectivity index (χ0) is 10.2. The van der Waals surface area contributed by atoms with E-state index in [2.05, 4.69) is 0 Å². The lowest BCUT2D eigenvalue weighted by Crippen LogP contribution is -2.43. The maximum atomic E-state index is 9.70. The molecule has 1 aliphatic carbocycles. The molecule has 3 heteroatoms. The normalized spacial score (nSPS) is 18.7. The molecule has 0 heterocycles. The maximum absolute atomic E-state index is 9.70. The molecule has 3 N–H and O–H groups in total. The molecule has 0 saturated heterocycles. The van der Waals surface area contributed by atoms with Crippen molar-refractivity contribution in [1.82, 2.24) is 0 Å². The van der Waals surface area contributed by atoms with Gasteiger partial charge in [-0.05, 0) is 37.5 Å². The standard InChI is InChI=1S/C11H15NO2/c1-14-8-3-4-10(13)9(7-8)11(12)5-2-6-11/h3-4,7,13H,2,5-6,12H2,1H3. The first-order valence-electron chi connectivity index (χ1n) is 4.82. The molecule has 0 atom stereocenters. The summed E-state index contributed by atoms with van der Waals surface area (Å²) < 4.78 is 5.11. The van der Waals surface area contributed by atoms with E-state index in [4.69, 9.17) is 10.5 Å². The quantitative estimate of drug-likeness (QED) is 0.752. The Morgan fingerprint density at radius 3 is 2.64 bits per heavy atom. The zero-order valence-electron chi connectivity index (χ0n) is 8.29. The van der Waals surface area contributed by atoms with E-state index >= 15 is 0 Å². The Balaban J connectivity index is 2.40. The summed E-state index contributed by atoms with van der Waals surface area (Å²) in [6.45, 7) is 0. The summed E-state index contributed by atoms with van der Waals surface area (Å²) >= 11 is 0. The molecule has 0 unspecified atom stereocenters. The van der Waals surface area contributed by atoms with Gasteiger partial charge in [0.1, 0.15) is 11.5 Å². The van der Waals surface area contributed by atoms with Gasteiger partial charge in [-0.25, -0.2) is 0 Å². The van der Waals surface area contributed by atoms with Crippen LogP contribution in [-0.4, -0.2) is 12.2 Å². The van der Waals surface area contributed by atoms with Crippen LogP contribution < -0.4 is 10.5 Å². The molecular weight excluding hydrogens is 178 g/mol. The molecular formula is C11H15NO2. The largest absolute Gasteiger partial charge is 0.508 e. The van der Waals surface area contributed by atoms with Crippen molar-refractivity contribution in [2.24, 2.45) is 5.73 Å². The molecule has 76 valence electrons. The van der Waals surface area contributed by atoms with Crippen LogP contribution in [-0.2, 0) is 5.54 Å². The highest BCUT2D eigenvalue weighted by Crippen LogP contribution is 2.43. The van der Waals surface area contributed by atoms with Gasteiger partial charge in [0.15, 0.2) is 0 Å². The third-order valence-corrected chi connectivity index (χ3v) is 2.99. The van der Waals surface area contributed by atoms with E-state index in [0.717, 1.165) is 30.6 Å². The van der Waals surface area contributed by atoms with Crippen molar-refractivity contribution < 1.29 is 9.84 Å². The third kappa shape index (κ3) is 1.34. The van der Waals surface area contributed by atoms with Gasteiger partial charge in [-0.2, -0.15) is 0 Å². The number of hydrogen-bond donors (Lipinski definition) is 2. The van der Waals surface area contributed by atoms with Crippen molar-refractivity contribution in [2.45, 2.75) is 24.8 Å². The van der Waals surface area contributed by atoms with E-state index in [-0.39, 0.29) is 11.3 Å². The molecule has 0 aliphatic heterocycles. The molecule has 0 amide bonds. The number of phenols is 1. The van der Waals surface area contributed by atoms with Gasteiger partial charge in [0.05, 0.1) is 7.11 Å². The van der Waals surface area contributed by atoms with Crippen molar-refractivity contribution >= 4 is 0 Å². The summed E-state index contributed by atoms with van der Waals surface area (Å²) in [5, 5.41) is 9.70. The van der Waals surface area contributed by atoms with Gasteiger partial charge in [0, 0.05) is 11.1 Å². The van der Waals surface area contributed by atoms with Gasteiger partial charge >= 0.3 is 0 Å². The number of methoxy groups -OCH3 is 1. The predicted octanol–water partition coefficient (Wildman–Crippen LogP) is 1.74. The zero-order valence-corrected chi connectivity index (χ0v) is 8.29. The van der Waals surface area contributed by atoms with Crippen molar-refractivity contribution in [1.29, 1.82) is 0 Å². The molecule has 0 bridgehead atoms. The smallest absolute Gasteiger partial charge is 0.120 e. The van der Waals surface area contributed by atoms with Crippen LogP contribution in [0.1, 0.15) is 24.8 Å². The number of benzene rings is 1. The van der Waals surface area contributed by atoms with E-state index in [9.17, 15) is 5.11 Å². The van der Waals surface area contributed by atoms with Crippen LogP contribution in [0.25, 0.3) is 0 Å². The van der Waals surface area contributed by atoms with Crippen molar-refractivity contribution in [2.75, 3.05) is 7.11 Å². The summed E-state index contributed by atoms with van der Waals surface area (Å²) in [4.78, 5) is 0. The van der Waals surface area contributed by atoms with E-state index in [1.54, 1.807) is 19.2 Å². The molecule has 1 aliphatic rings. The topological polar surface area (TPSA) is 55.5 Å². The monoisotopic (exact) mass is 193 g/mol. The number of ether oxygens (including phenoxy) is 1. The molecule has 1 saturated carbocycles. The van der Waals surface area contributed by atoms with Crippen LogP contribution in [0.4, 0.5) is 0 Å².